The zero-order chi connectivity index (χ0) is 18.1. The summed E-state index contributed by atoms with van der Waals surface area (Å²) in [6, 6.07) is 6.37. The van der Waals surface area contributed by atoms with Crippen LogP contribution in [0, 0.1) is 6.92 Å². The van der Waals surface area contributed by atoms with Gasteiger partial charge < -0.3 is 9.80 Å². The van der Waals surface area contributed by atoms with Crippen molar-refractivity contribution < 1.29 is 4.79 Å². The van der Waals surface area contributed by atoms with Crippen molar-refractivity contribution in [3.63, 3.8) is 0 Å². The Kier molecular flexibility index (Phi) is 4.92. The molecule has 4 rings (SSSR count). The molecule has 1 saturated heterocycles. The summed E-state index contributed by atoms with van der Waals surface area (Å²) in [5.41, 5.74) is 4.57. The molecule has 0 unspecified atom stereocenters. The maximum Gasteiger partial charge on any atom is 0.264 e. The maximum absolute atomic E-state index is 12.7. The lowest BCUT2D eigenvalue weighted by Crippen LogP contribution is -2.27. The minimum Gasteiger partial charge on any atom is -0.338 e. The Morgan fingerprint density at radius 2 is 2.00 bits per heavy atom. The second-order valence-corrected chi connectivity index (χ2v) is 8.35. The van der Waals surface area contributed by atoms with E-state index < -0.39 is 0 Å². The van der Waals surface area contributed by atoms with Gasteiger partial charge in [-0.2, -0.15) is 0 Å². The summed E-state index contributed by atoms with van der Waals surface area (Å²) < 4.78 is 0. The standard InChI is InChI=1S/C21H25N3OS/c1-15-13-19(26-20(15)21(25)24-9-3-4-10-24)17-5-6-18(22-14-17)16-7-11-23(2)12-8-16/h5-7,13-14H,3-4,8-12H2,1-2H3. The summed E-state index contributed by atoms with van der Waals surface area (Å²) in [6.45, 7) is 5.90. The van der Waals surface area contributed by atoms with Gasteiger partial charge in [-0.1, -0.05) is 6.08 Å². The molecule has 1 amide bonds. The molecule has 0 atom stereocenters. The molecular weight excluding hydrogens is 342 g/mol. The molecule has 2 aliphatic rings. The minimum atomic E-state index is 0.192. The summed E-state index contributed by atoms with van der Waals surface area (Å²) >= 11 is 1.60. The number of hydrogen-bond donors (Lipinski definition) is 0. The first kappa shape index (κ1) is 17.4. The number of carbonyl (C=O) groups excluding carboxylic acids is 1. The molecule has 2 aliphatic heterocycles. The summed E-state index contributed by atoms with van der Waals surface area (Å²) in [6.07, 6.45) is 7.52. The van der Waals surface area contributed by atoms with E-state index in [2.05, 4.69) is 41.2 Å². The third kappa shape index (κ3) is 3.46. The zero-order valence-corrected chi connectivity index (χ0v) is 16.3. The fraction of sp³-hybridized carbons (Fsp3) is 0.429. The number of carbonyl (C=O) groups is 1. The van der Waals surface area contributed by atoms with E-state index in [9.17, 15) is 4.79 Å². The average molecular weight is 368 g/mol. The van der Waals surface area contributed by atoms with Gasteiger partial charge in [0, 0.05) is 42.8 Å². The largest absolute Gasteiger partial charge is 0.338 e. The topological polar surface area (TPSA) is 36.4 Å². The maximum atomic E-state index is 12.7. The van der Waals surface area contributed by atoms with Gasteiger partial charge in [-0.3, -0.25) is 9.78 Å². The molecular formula is C21H25N3OS. The van der Waals surface area contributed by atoms with E-state index in [4.69, 9.17) is 0 Å². The first-order valence-corrected chi connectivity index (χ1v) is 10.2. The lowest BCUT2D eigenvalue weighted by molar-refractivity contribution is 0.0797. The van der Waals surface area contributed by atoms with Crippen molar-refractivity contribution in [3.05, 3.63) is 46.6 Å². The third-order valence-electron chi connectivity index (χ3n) is 5.29. The second-order valence-electron chi connectivity index (χ2n) is 7.30. The third-order valence-corrected chi connectivity index (χ3v) is 6.57. The summed E-state index contributed by atoms with van der Waals surface area (Å²) in [4.78, 5) is 23.7. The van der Waals surface area contributed by atoms with E-state index in [-0.39, 0.29) is 5.91 Å². The zero-order valence-electron chi connectivity index (χ0n) is 15.5. The normalized spacial score (nSPS) is 18.2. The van der Waals surface area contributed by atoms with E-state index >= 15 is 0 Å². The van der Waals surface area contributed by atoms with E-state index in [0.29, 0.717) is 0 Å². The summed E-state index contributed by atoms with van der Waals surface area (Å²) in [5.74, 6) is 0.192. The Hall–Kier alpha value is -1.98. The van der Waals surface area contributed by atoms with Gasteiger partial charge in [-0.15, -0.1) is 11.3 Å². The molecule has 0 N–H and O–H groups in total. The lowest BCUT2D eigenvalue weighted by Gasteiger charge is -2.21. The van der Waals surface area contributed by atoms with Crippen LogP contribution in [0.5, 0.6) is 0 Å². The van der Waals surface area contributed by atoms with E-state index in [1.807, 2.05) is 18.0 Å². The van der Waals surface area contributed by atoms with Gasteiger partial charge in [0.2, 0.25) is 0 Å². The molecule has 26 heavy (non-hydrogen) atoms. The molecule has 0 aliphatic carbocycles. The number of aromatic nitrogens is 1. The number of nitrogens with zero attached hydrogens (tertiary/aromatic N) is 3. The van der Waals surface area contributed by atoms with Gasteiger partial charge in [0.25, 0.3) is 5.91 Å². The van der Waals surface area contributed by atoms with E-state index in [1.165, 1.54) is 5.57 Å². The van der Waals surface area contributed by atoms with E-state index in [1.54, 1.807) is 11.3 Å². The number of likely N-dealkylation sites (tertiary alicyclic amines) is 1. The van der Waals surface area contributed by atoms with Crippen LogP contribution in [0.3, 0.4) is 0 Å². The van der Waals surface area contributed by atoms with Crippen molar-refractivity contribution in [2.45, 2.75) is 26.2 Å². The van der Waals surface area contributed by atoms with Crippen LogP contribution in [0.15, 0.2) is 30.5 Å². The SMILES string of the molecule is Cc1cc(-c2ccc(C3=CCN(C)CC3)nc2)sc1C(=O)N1CCCC1. The number of hydrogen-bond acceptors (Lipinski definition) is 4. The number of thiophene rings is 1. The van der Waals surface area contributed by atoms with Crippen LogP contribution < -0.4 is 0 Å². The fourth-order valence-electron chi connectivity index (χ4n) is 3.63. The smallest absolute Gasteiger partial charge is 0.264 e. The quantitative estimate of drug-likeness (QED) is 0.820. The van der Waals surface area contributed by atoms with Crippen molar-refractivity contribution in [2.24, 2.45) is 0 Å². The monoisotopic (exact) mass is 367 g/mol. The molecule has 5 heteroatoms. The molecule has 2 aromatic heterocycles. The van der Waals surface area contributed by atoms with Gasteiger partial charge in [-0.25, -0.2) is 0 Å². The Morgan fingerprint density at radius 1 is 1.19 bits per heavy atom. The molecule has 2 aromatic rings. The highest BCUT2D eigenvalue weighted by Gasteiger charge is 2.23. The number of likely N-dealkylation sites (N-methyl/N-ethyl adjacent to an activating group) is 1. The molecule has 0 saturated carbocycles. The number of rotatable bonds is 3. The predicted molar refractivity (Wildman–Crippen MR) is 108 cm³/mol. The van der Waals surface area contributed by atoms with Crippen LogP contribution in [0.2, 0.25) is 0 Å². The van der Waals surface area contributed by atoms with Crippen LogP contribution >= 0.6 is 11.3 Å². The first-order valence-electron chi connectivity index (χ1n) is 9.36. The second kappa shape index (κ2) is 7.33. The molecule has 0 radical (unpaired) electrons. The molecule has 0 spiro atoms. The van der Waals surface area contributed by atoms with Crippen molar-refractivity contribution in [1.82, 2.24) is 14.8 Å². The van der Waals surface area contributed by atoms with Gasteiger partial charge in [-0.05, 0) is 62.6 Å². The van der Waals surface area contributed by atoms with Gasteiger partial charge >= 0.3 is 0 Å². The Bertz CT molecular complexity index is 831. The molecule has 4 nitrogen and oxygen atoms in total. The van der Waals surface area contributed by atoms with Crippen LogP contribution in [0.25, 0.3) is 16.0 Å². The lowest BCUT2D eigenvalue weighted by atomic mass is 10.0. The molecule has 0 bridgehead atoms. The van der Waals surface area contributed by atoms with E-state index in [0.717, 1.165) is 72.0 Å². The first-order chi connectivity index (χ1) is 12.6. The van der Waals surface area contributed by atoms with Crippen molar-refractivity contribution in [2.75, 3.05) is 33.2 Å². The van der Waals surface area contributed by atoms with Crippen molar-refractivity contribution >= 4 is 22.8 Å². The molecule has 136 valence electrons. The number of aryl methyl sites for hydroxylation is 1. The Labute approximate surface area is 159 Å². The molecule has 4 heterocycles. The molecule has 1 fully saturated rings. The Morgan fingerprint density at radius 3 is 2.65 bits per heavy atom. The van der Waals surface area contributed by atoms with Crippen LogP contribution in [0.1, 0.15) is 40.2 Å². The minimum absolute atomic E-state index is 0.192. The summed E-state index contributed by atoms with van der Waals surface area (Å²) in [5, 5.41) is 0. The van der Waals surface area contributed by atoms with Crippen LogP contribution in [-0.4, -0.2) is 53.9 Å². The van der Waals surface area contributed by atoms with Gasteiger partial charge in [0.15, 0.2) is 0 Å². The fourth-order valence-corrected chi connectivity index (χ4v) is 4.76. The van der Waals surface area contributed by atoms with Crippen LogP contribution in [-0.2, 0) is 0 Å². The van der Waals surface area contributed by atoms with Crippen molar-refractivity contribution in [3.8, 4) is 10.4 Å². The van der Waals surface area contributed by atoms with Gasteiger partial charge in [0.1, 0.15) is 0 Å². The molecule has 0 aromatic carbocycles. The van der Waals surface area contributed by atoms with Crippen molar-refractivity contribution in [1.29, 1.82) is 0 Å². The predicted octanol–water partition coefficient (Wildman–Crippen LogP) is 4.07. The highest BCUT2D eigenvalue weighted by atomic mass is 32.1. The van der Waals surface area contributed by atoms with Gasteiger partial charge in [0.05, 0.1) is 10.6 Å². The number of amides is 1. The average Bonchev–Trinajstić information content (AvgIpc) is 3.32. The highest BCUT2D eigenvalue weighted by molar-refractivity contribution is 7.17. The number of pyridine rings is 1. The Balaban J connectivity index is 1.54. The van der Waals surface area contributed by atoms with Crippen LogP contribution in [0.4, 0.5) is 0 Å². The summed E-state index contributed by atoms with van der Waals surface area (Å²) in [7, 11) is 2.14. The highest BCUT2D eigenvalue weighted by Crippen LogP contribution is 2.33.